The van der Waals surface area contributed by atoms with E-state index in [-0.39, 0.29) is 17.5 Å². The van der Waals surface area contributed by atoms with Crippen LogP contribution in [0.2, 0.25) is 0 Å². The van der Waals surface area contributed by atoms with Crippen molar-refractivity contribution in [3.63, 3.8) is 0 Å². The molecule has 162 valence electrons. The third kappa shape index (κ3) is 5.65. The van der Waals surface area contributed by atoms with Gasteiger partial charge >= 0.3 is 0 Å². The minimum atomic E-state index is -3.93. The summed E-state index contributed by atoms with van der Waals surface area (Å²) >= 11 is 3.35. The standard InChI is InChI=1S/C23H23BrN2O4S/c1-17(18-8-14-21(30-2)15-9-18)25-23(27)16-26(20-12-10-19(24)11-13-20)31(28,29)22-6-4-3-5-7-22/h3-15,17H,16H2,1-2H3,(H,25,27)/t17-/m1/s1. The molecule has 8 heteroatoms. The number of hydrogen-bond donors (Lipinski definition) is 1. The highest BCUT2D eigenvalue weighted by atomic mass is 79.9. The van der Waals surface area contributed by atoms with Crippen molar-refractivity contribution >= 4 is 37.5 Å². The van der Waals surface area contributed by atoms with Crippen molar-refractivity contribution in [1.29, 1.82) is 0 Å². The van der Waals surface area contributed by atoms with Crippen LogP contribution >= 0.6 is 15.9 Å². The van der Waals surface area contributed by atoms with Gasteiger partial charge in [-0.05, 0) is 61.0 Å². The normalized spacial score (nSPS) is 12.1. The number of amides is 1. The summed E-state index contributed by atoms with van der Waals surface area (Å²) in [6.07, 6.45) is 0. The number of anilines is 1. The van der Waals surface area contributed by atoms with Gasteiger partial charge in [0.05, 0.1) is 23.7 Å². The van der Waals surface area contributed by atoms with Crippen LogP contribution in [0.15, 0.2) is 88.2 Å². The predicted molar refractivity (Wildman–Crippen MR) is 125 cm³/mol. The third-order valence-corrected chi connectivity index (χ3v) is 7.04. The van der Waals surface area contributed by atoms with Gasteiger partial charge in [-0.1, -0.05) is 46.3 Å². The smallest absolute Gasteiger partial charge is 0.264 e. The van der Waals surface area contributed by atoms with Gasteiger partial charge < -0.3 is 10.1 Å². The minimum absolute atomic E-state index is 0.119. The zero-order valence-corrected chi connectivity index (χ0v) is 19.6. The van der Waals surface area contributed by atoms with Gasteiger partial charge in [0.15, 0.2) is 0 Å². The maximum atomic E-state index is 13.3. The number of nitrogens with zero attached hydrogens (tertiary/aromatic N) is 1. The molecule has 3 aromatic carbocycles. The summed E-state index contributed by atoms with van der Waals surface area (Å²) in [5, 5.41) is 2.87. The molecule has 0 spiro atoms. The first-order valence-electron chi connectivity index (χ1n) is 9.58. The van der Waals surface area contributed by atoms with Gasteiger partial charge in [0.25, 0.3) is 10.0 Å². The van der Waals surface area contributed by atoms with E-state index in [9.17, 15) is 13.2 Å². The van der Waals surface area contributed by atoms with Crippen molar-refractivity contribution in [3.8, 4) is 5.75 Å². The Balaban J connectivity index is 1.84. The molecule has 3 rings (SSSR count). The SMILES string of the molecule is COc1ccc([C@@H](C)NC(=O)CN(c2ccc(Br)cc2)S(=O)(=O)c2ccccc2)cc1. The van der Waals surface area contributed by atoms with Crippen LogP contribution in [0, 0.1) is 0 Å². The van der Waals surface area contributed by atoms with Gasteiger partial charge in [-0.3, -0.25) is 9.10 Å². The summed E-state index contributed by atoms with van der Waals surface area (Å²) in [7, 11) is -2.34. The Bertz CT molecular complexity index is 1120. The van der Waals surface area contributed by atoms with Crippen molar-refractivity contribution in [2.24, 2.45) is 0 Å². The maximum absolute atomic E-state index is 13.3. The van der Waals surface area contributed by atoms with E-state index in [1.54, 1.807) is 49.6 Å². The Morgan fingerprint density at radius 1 is 1.00 bits per heavy atom. The Hall–Kier alpha value is -2.84. The number of rotatable bonds is 8. The van der Waals surface area contributed by atoms with E-state index in [0.29, 0.717) is 5.69 Å². The molecule has 0 fully saturated rings. The van der Waals surface area contributed by atoms with Crippen LogP contribution in [0.25, 0.3) is 0 Å². The highest BCUT2D eigenvalue weighted by Crippen LogP contribution is 2.25. The molecule has 0 bridgehead atoms. The van der Waals surface area contributed by atoms with Crippen LogP contribution in [0.1, 0.15) is 18.5 Å². The fraction of sp³-hybridized carbons (Fsp3) is 0.174. The van der Waals surface area contributed by atoms with Crippen LogP contribution in [0.5, 0.6) is 5.75 Å². The number of sulfonamides is 1. The van der Waals surface area contributed by atoms with Crippen molar-refractivity contribution < 1.29 is 17.9 Å². The summed E-state index contributed by atoms with van der Waals surface area (Å²) in [4.78, 5) is 12.9. The second-order valence-electron chi connectivity index (χ2n) is 6.86. The molecule has 1 N–H and O–H groups in total. The summed E-state index contributed by atoms with van der Waals surface area (Å²) < 4.78 is 33.7. The topological polar surface area (TPSA) is 75.7 Å². The predicted octanol–water partition coefficient (Wildman–Crippen LogP) is 4.53. The number of nitrogens with one attached hydrogen (secondary N) is 1. The molecule has 0 aliphatic rings. The fourth-order valence-electron chi connectivity index (χ4n) is 3.04. The van der Waals surface area contributed by atoms with Gasteiger partial charge in [0.1, 0.15) is 12.3 Å². The van der Waals surface area contributed by atoms with E-state index in [1.807, 2.05) is 31.2 Å². The number of halogens is 1. The number of ether oxygens (including phenoxy) is 1. The summed E-state index contributed by atoms with van der Waals surface area (Å²) in [5.74, 6) is 0.309. The van der Waals surface area contributed by atoms with Gasteiger partial charge in [0.2, 0.25) is 5.91 Å². The quantitative estimate of drug-likeness (QED) is 0.490. The van der Waals surface area contributed by atoms with E-state index in [0.717, 1.165) is 20.1 Å². The average Bonchev–Trinajstić information content (AvgIpc) is 2.78. The largest absolute Gasteiger partial charge is 0.497 e. The van der Waals surface area contributed by atoms with Gasteiger partial charge in [-0.2, -0.15) is 0 Å². The molecule has 0 saturated heterocycles. The van der Waals surface area contributed by atoms with Crippen molar-refractivity contribution in [2.75, 3.05) is 18.0 Å². The number of carbonyl (C=O) groups is 1. The van der Waals surface area contributed by atoms with E-state index < -0.39 is 15.9 Å². The van der Waals surface area contributed by atoms with Crippen LogP contribution in [-0.2, 0) is 14.8 Å². The molecule has 31 heavy (non-hydrogen) atoms. The third-order valence-electron chi connectivity index (χ3n) is 4.73. The molecule has 3 aromatic rings. The van der Waals surface area contributed by atoms with Crippen molar-refractivity contribution in [3.05, 3.63) is 88.9 Å². The lowest BCUT2D eigenvalue weighted by molar-refractivity contribution is -0.120. The van der Waals surface area contributed by atoms with Crippen molar-refractivity contribution in [1.82, 2.24) is 5.32 Å². The lowest BCUT2D eigenvalue weighted by Gasteiger charge is -2.25. The minimum Gasteiger partial charge on any atom is -0.497 e. The Morgan fingerprint density at radius 2 is 1.61 bits per heavy atom. The van der Waals surface area contributed by atoms with Gasteiger partial charge in [-0.15, -0.1) is 0 Å². The summed E-state index contributed by atoms with van der Waals surface area (Å²) in [6, 6.07) is 21.9. The van der Waals surface area contributed by atoms with Gasteiger partial charge in [0, 0.05) is 4.47 Å². The second-order valence-corrected chi connectivity index (χ2v) is 9.64. The maximum Gasteiger partial charge on any atom is 0.264 e. The molecule has 0 radical (unpaired) electrons. The van der Waals surface area contributed by atoms with Crippen LogP contribution in [0.3, 0.4) is 0 Å². The molecule has 0 heterocycles. The Labute approximate surface area is 191 Å². The highest BCUT2D eigenvalue weighted by molar-refractivity contribution is 9.10. The first kappa shape index (κ1) is 22.8. The molecule has 0 aromatic heterocycles. The first-order chi connectivity index (χ1) is 14.8. The van der Waals surface area contributed by atoms with Crippen molar-refractivity contribution in [2.45, 2.75) is 17.9 Å². The molecular formula is C23H23BrN2O4S. The number of benzene rings is 3. The molecule has 0 aliphatic carbocycles. The Morgan fingerprint density at radius 3 is 2.19 bits per heavy atom. The lowest BCUT2D eigenvalue weighted by Crippen LogP contribution is -2.41. The van der Waals surface area contributed by atoms with Crippen LogP contribution in [-0.4, -0.2) is 28.0 Å². The molecule has 0 unspecified atom stereocenters. The molecule has 6 nitrogen and oxygen atoms in total. The monoisotopic (exact) mass is 502 g/mol. The first-order valence-corrected chi connectivity index (χ1v) is 11.8. The molecule has 0 aliphatic heterocycles. The molecule has 1 atom stereocenters. The number of methoxy groups -OCH3 is 1. The molecular weight excluding hydrogens is 480 g/mol. The Kier molecular flexibility index (Phi) is 7.35. The van der Waals surface area contributed by atoms with E-state index in [1.165, 1.54) is 12.1 Å². The van der Waals surface area contributed by atoms with E-state index in [4.69, 9.17) is 4.74 Å². The van der Waals surface area contributed by atoms with Crippen LogP contribution < -0.4 is 14.4 Å². The summed E-state index contributed by atoms with van der Waals surface area (Å²) in [6.45, 7) is 1.49. The van der Waals surface area contributed by atoms with Gasteiger partial charge in [-0.25, -0.2) is 8.42 Å². The average molecular weight is 503 g/mol. The molecule has 1 amide bonds. The number of carbonyl (C=O) groups excluding carboxylic acids is 1. The van der Waals surface area contributed by atoms with Crippen LogP contribution in [0.4, 0.5) is 5.69 Å². The summed E-state index contributed by atoms with van der Waals surface area (Å²) in [5.41, 5.74) is 1.29. The zero-order valence-electron chi connectivity index (χ0n) is 17.2. The lowest BCUT2D eigenvalue weighted by atomic mass is 10.1. The fourth-order valence-corrected chi connectivity index (χ4v) is 4.74. The number of hydrogen-bond acceptors (Lipinski definition) is 4. The highest BCUT2D eigenvalue weighted by Gasteiger charge is 2.27. The van der Waals surface area contributed by atoms with E-state index >= 15 is 0 Å². The van der Waals surface area contributed by atoms with E-state index in [2.05, 4.69) is 21.2 Å². The zero-order chi connectivity index (χ0) is 22.4. The molecule has 0 saturated carbocycles. The second kappa shape index (κ2) is 9.98.